The molecule has 0 spiro atoms. The average molecular weight is 360 g/mol. The molecule has 2 rings (SSSR count). The van der Waals surface area contributed by atoms with Gasteiger partial charge in [-0.1, -0.05) is 24.6 Å². The quantitative estimate of drug-likeness (QED) is 0.844. The van der Waals surface area contributed by atoms with Crippen LogP contribution in [0.1, 0.15) is 20.8 Å². The molecular weight excluding hydrogens is 334 g/mol. The third-order valence-electron chi connectivity index (χ3n) is 4.48. The van der Waals surface area contributed by atoms with Crippen LogP contribution >= 0.6 is 11.6 Å². The Balaban J connectivity index is 1.98. The molecular formula is C16H26ClN3O2S. The van der Waals surface area contributed by atoms with Crippen LogP contribution < -0.4 is 4.72 Å². The summed E-state index contributed by atoms with van der Waals surface area (Å²) in [6.07, 6.45) is 0. The highest BCUT2D eigenvalue weighted by Crippen LogP contribution is 2.19. The molecule has 1 saturated heterocycles. The van der Waals surface area contributed by atoms with Gasteiger partial charge in [0, 0.05) is 43.3 Å². The summed E-state index contributed by atoms with van der Waals surface area (Å²) in [7, 11) is -3.54. The monoisotopic (exact) mass is 359 g/mol. The van der Waals surface area contributed by atoms with Crippen molar-refractivity contribution in [2.45, 2.75) is 31.2 Å². The first-order valence-corrected chi connectivity index (χ1v) is 9.83. The van der Waals surface area contributed by atoms with Gasteiger partial charge in [-0.25, -0.2) is 13.1 Å². The molecule has 0 aromatic heterocycles. The van der Waals surface area contributed by atoms with Crippen molar-refractivity contribution < 1.29 is 8.42 Å². The van der Waals surface area contributed by atoms with Crippen molar-refractivity contribution in [2.24, 2.45) is 0 Å². The molecule has 23 heavy (non-hydrogen) atoms. The van der Waals surface area contributed by atoms with Gasteiger partial charge in [-0.05, 0) is 38.6 Å². The maximum atomic E-state index is 12.4. The molecule has 5 nitrogen and oxygen atoms in total. The first-order chi connectivity index (χ1) is 10.7. The SMILES string of the molecule is CCN1CCN(C(C)(C)CNS(=O)(=O)c2cccc(Cl)c2)CC1. The van der Waals surface area contributed by atoms with Gasteiger partial charge in [0.1, 0.15) is 0 Å². The Bertz CT molecular complexity index is 626. The highest BCUT2D eigenvalue weighted by molar-refractivity contribution is 7.89. The van der Waals surface area contributed by atoms with Gasteiger partial charge in [-0.15, -0.1) is 0 Å². The molecule has 1 aromatic carbocycles. The Morgan fingerprint density at radius 2 is 1.87 bits per heavy atom. The highest BCUT2D eigenvalue weighted by Gasteiger charge is 2.31. The van der Waals surface area contributed by atoms with Crippen molar-refractivity contribution >= 4 is 21.6 Å². The van der Waals surface area contributed by atoms with Crippen LogP contribution in [-0.4, -0.2) is 63.0 Å². The van der Waals surface area contributed by atoms with E-state index in [2.05, 4.69) is 35.3 Å². The summed E-state index contributed by atoms with van der Waals surface area (Å²) in [6.45, 7) is 11.7. The molecule has 0 saturated carbocycles. The van der Waals surface area contributed by atoms with E-state index in [4.69, 9.17) is 11.6 Å². The predicted molar refractivity (Wildman–Crippen MR) is 94.4 cm³/mol. The van der Waals surface area contributed by atoms with Crippen molar-refractivity contribution in [3.05, 3.63) is 29.3 Å². The lowest BCUT2D eigenvalue weighted by Gasteiger charge is -2.44. The number of nitrogens with zero attached hydrogens (tertiary/aromatic N) is 2. The molecule has 1 aromatic rings. The summed E-state index contributed by atoms with van der Waals surface area (Å²) in [5.41, 5.74) is -0.231. The normalized spacial score (nSPS) is 18.3. The third kappa shape index (κ3) is 4.90. The summed E-state index contributed by atoms with van der Waals surface area (Å²) in [6, 6.07) is 6.34. The Labute approximate surface area is 144 Å². The molecule has 7 heteroatoms. The van der Waals surface area contributed by atoms with Crippen molar-refractivity contribution in [2.75, 3.05) is 39.3 Å². The summed E-state index contributed by atoms with van der Waals surface area (Å²) in [5.74, 6) is 0. The average Bonchev–Trinajstić information content (AvgIpc) is 2.53. The van der Waals surface area contributed by atoms with Crippen LogP contribution in [0, 0.1) is 0 Å². The largest absolute Gasteiger partial charge is 0.301 e. The standard InChI is InChI=1S/C16H26ClN3O2S/c1-4-19-8-10-20(11-9-19)16(2,3)13-18-23(21,22)15-7-5-6-14(17)12-15/h5-7,12,18H,4,8-11,13H2,1-3H3. The second-order valence-electron chi connectivity index (χ2n) is 6.52. The van der Waals surface area contributed by atoms with Crippen LogP contribution in [0.15, 0.2) is 29.2 Å². The molecule has 0 unspecified atom stereocenters. The highest BCUT2D eigenvalue weighted by atomic mass is 35.5. The molecule has 1 aliphatic heterocycles. The zero-order chi connectivity index (χ0) is 17.1. The van der Waals surface area contributed by atoms with E-state index < -0.39 is 10.0 Å². The second-order valence-corrected chi connectivity index (χ2v) is 8.72. The minimum atomic E-state index is -3.54. The topological polar surface area (TPSA) is 52.6 Å². The number of nitrogens with one attached hydrogen (secondary N) is 1. The molecule has 1 fully saturated rings. The van der Waals surface area contributed by atoms with Crippen molar-refractivity contribution in [1.29, 1.82) is 0 Å². The van der Waals surface area contributed by atoms with Crippen LogP contribution in [0.4, 0.5) is 0 Å². The van der Waals surface area contributed by atoms with Crippen LogP contribution in [0.5, 0.6) is 0 Å². The molecule has 1 N–H and O–H groups in total. The van der Waals surface area contributed by atoms with Crippen molar-refractivity contribution in [3.63, 3.8) is 0 Å². The molecule has 0 bridgehead atoms. The Kier molecular flexibility index (Phi) is 6.08. The summed E-state index contributed by atoms with van der Waals surface area (Å²) in [5, 5.41) is 0.419. The molecule has 130 valence electrons. The fraction of sp³-hybridized carbons (Fsp3) is 0.625. The van der Waals surface area contributed by atoms with E-state index in [1.807, 2.05) is 0 Å². The maximum Gasteiger partial charge on any atom is 0.240 e. The fourth-order valence-corrected chi connectivity index (χ4v) is 4.28. The zero-order valence-electron chi connectivity index (χ0n) is 14.0. The number of rotatable bonds is 6. The number of halogens is 1. The Morgan fingerprint density at radius 3 is 2.43 bits per heavy atom. The molecule has 0 atom stereocenters. The Hall–Kier alpha value is -0.660. The van der Waals surface area contributed by atoms with Crippen LogP contribution in [0.3, 0.4) is 0 Å². The molecule has 1 heterocycles. The zero-order valence-corrected chi connectivity index (χ0v) is 15.6. The van der Waals surface area contributed by atoms with Gasteiger partial charge in [0.15, 0.2) is 0 Å². The van der Waals surface area contributed by atoms with Gasteiger partial charge in [-0.2, -0.15) is 0 Å². The second kappa shape index (κ2) is 7.49. The lowest BCUT2D eigenvalue weighted by Crippen LogP contribution is -2.58. The smallest absolute Gasteiger partial charge is 0.240 e. The number of hydrogen-bond donors (Lipinski definition) is 1. The first-order valence-electron chi connectivity index (χ1n) is 7.97. The number of sulfonamides is 1. The first kappa shape index (κ1) is 18.7. The van der Waals surface area contributed by atoms with Gasteiger partial charge in [0.25, 0.3) is 0 Å². The Morgan fingerprint density at radius 1 is 1.22 bits per heavy atom. The predicted octanol–water partition coefficient (Wildman–Crippen LogP) is 2.03. The van der Waals surface area contributed by atoms with Gasteiger partial charge in [0.2, 0.25) is 10.0 Å². The fourth-order valence-electron chi connectivity index (χ4n) is 2.77. The van der Waals surface area contributed by atoms with Gasteiger partial charge in [0.05, 0.1) is 4.90 Å². The van der Waals surface area contributed by atoms with Crippen molar-refractivity contribution in [1.82, 2.24) is 14.5 Å². The van der Waals surface area contributed by atoms with E-state index in [0.29, 0.717) is 11.6 Å². The minimum absolute atomic E-state index is 0.205. The van der Waals surface area contributed by atoms with Gasteiger partial charge >= 0.3 is 0 Å². The third-order valence-corrected chi connectivity index (χ3v) is 6.11. The lowest BCUT2D eigenvalue weighted by atomic mass is 10.0. The van der Waals surface area contributed by atoms with E-state index in [9.17, 15) is 8.42 Å². The molecule has 0 radical (unpaired) electrons. The van der Waals surface area contributed by atoms with Crippen LogP contribution in [-0.2, 0) is 10.0 Å². The number of piperazine rings is 1. The maximum absolute atomic E-state index is 12.4. The molecule has 1 aliphatic rings. The number of benzene rings is 1. The van der Waals surface area contributed by atoms with Gasteiger partial charge < -0.3 is 4.90 Å². The van der Waals surface area contributed by atoms with E-state index in [1.54, 1.807) is 18.2 Å². The van der Waals surface area contributed by atoms with Crippen LogP contribution in [0.25, 0.3) is 0 Å². The molecule has 0 amide bonds. The summed E-state index contributed by atoms with van der Waals surface area (Å²) >= 11 is 5.89. The minimum Gasteiger partial charge on any atom is -0.301 e. The van der Waals surface area contributed by atoms with Crippen LogP contribution in [0.2, 0.25) is 5.02 Å². The van der Waals surface area contributed by atoms with E-state index in [0.717, 1.165) is 32.7 Å². The number of likely N-dealkylation sites (N-methyl/N-ethyl adjacent to an activating group) is 1. The van der Waals surface area contributed by atoms with E-state index in [-0.39, 0.29) is 10.4 Å². The van der Waals surface area contributed by atoms with E-state index in [1.165, 1.54) is 6.07 Å². The number of hydrogen-bond acceptors (Lipinski definition) is 4. The summed E-state index contributed by atoms with van der Waals surface area (Å²) < 4.78 is 27.6. The van der Waals surface area contributed by atoms with E-state index >= 15 is 0 Å². The van der Waals surface area contributed by atoms with Gasteiger partial charge in [-0.3, -0.25) is 4.90 Å². The summed E-state index contributed by atoms with van der Waals surface area (Å²) in [4.78, 5) is 4.96. The molecule has 0 aliphatic carbocycles. The van der Waals surface area contributed by atoms with Crippen molar-refractivity contribution in [3.8, 4) is 0 Å². The lowest BCUT2D eigenvalue weighted by molar-refractivity contribution is 0.0571.